The van der Waals surface area contributed by atoms with Crippen molar-refractivity contribution < 1.29 is 0 Å². The number of nitrogens with zero attached hydrogens (tertiary/aromatic N) is 6. The molecule has 4 heterocycles. The topological polar surface area (TPSA) is 84.6 Å². The number of hydrogen-bond acceptors (Lipinski definition) is 6. The Bertz CT molecular complexity index is 1170. The van der Waals surface area contributed by atoms with Crippen LogP contribution in [0.3, 0.4) is 0 Å². The normalized spacial score (nSPS) is 11.5. The van der Waals surface area contributed by atoms with Crippen LogP contribution in [-0.4, -0.2) is 35.2 Å². The minimum atomic E-state index is 0.558. The maximum absolute atomic E-state index is 4.59. The Morgan fingerprint density at radius 1 is 1.17 bits per heavy atom. The number of aryl methyl sites for hydroxylation is 1. The van der Waals surface area contributed by atoms with Crippen LogP contribution < -0.4 is 0 Å². The highest BCUT2D eigenvalue weighted by atomic mass is 32.1. The lowest BCUT2D eigenvalue weighted by molar-refractivity contribution is 0.881. The molecule has 1 N–H and O–H groups in total. The van der Waals surface area contributed by atoms with E-state index in [9.17, 15) is 0 Å². The maximum Gasteiger partial charge on any atom is 0.184 e. The van der Waals surface area contributed by atoms with Crippen LogP contribution in [0.1, 0.15) is 4.88 Å². The van der Waals surface area contributed by atoms with Gasteiger partial charge >= 0.3 is 0 Å². The second-order valence-electron chi connectivity index (χ2n) is 5.45. The summed E-state index contributed by atoms with van der Waals surface area (Å²) in [6.07, 6.45) is 5.59. The van der Waals surface area contributed by atoms with Crippen LogP contribution >= 0.6 is 11.3 Å². The van der Waals surface area contributed by atoms with E-state index >= 15 is 0 Å². The molecule has 1 aromatic carbocycles. The molecule has 0 spiro atoms. The second-order valence-corrected chi connectivity index (χ2v) is 6.70. The Labute approximate surface area is 140 Å². The third-order valence-corrected chi connectivity index (χ3v) is 5.10. The molecule has 24 heavy (non-hydrogen) atoms. The predicted molar refractivity (Wildman–Crippen MR) is 91.7 cm³/mol. The molecule has 0 fully saturated rings. The van der Waals surface area contributed by atoms with Crippen molar-refractivity contribution in [2.75, 3.05) is 0 Å². The van der Waals surface area contributed by atoms with Gasteiger partial charge in [0.25, 0.3) is 0 Å². The van der Waals surface area contributed by atoms with Crippen LogP contribution in [0.4, 0.5) is 0 Å². The molecule has 116 valence electrons. The largest absolute Gasteiger partial charge is 0.239 e. The van der Waals surface area contributed by atoms with Gasteiger partial charge in [0, 0.05) is 38.5 Å². The first kappa shape index (κ1) is 13.3. The Kier molecular flexibility index (Phi) is 2.74. The summed E-state index contributed by atoms with van der Waals surface area (Å²) in [4.78, 5) is 5.86. The van der Waals surface area contributed by atoms with E-state index in [1.807, 2.05) is 12.4 Å². The van der Waals surface area contributed by atoms with Gasteiger partial charge in [0.05, 0.1) is 11.8 Å². The number of hydrogen-bond donors (Lipinski definition) is 1. The summed E-state index contributed by atoms with van der Waals surface area (Å²) in [6, 6.07) is 8.42. The Hall–Kier alpha value is -3.13. The van der Waals surface area contributed by atoms with E-state index in [1.54, 1.807) is 22.0 Å². The minimum Gasteiger partial charge on any atom is -0.239 e. The summed E-state index contributed by atoms with van der Waals surface area (Å²) >= 11 is 1.79. The fourth-order valence-corrected chi connectivity index (χ4v) is 4.06. The van der Waals surface area contributed by atoms with Gasteiger partial charge in [-0.1, -0.05) is 18.2 Å². The van der Waals surface area contributed by atoms with Crippen LogP contribution in [0.2, 0.25) is 0 Å². The van der Waals surface area contributed by atoms with Gasteiger partial charge in [0.15, 0.2) is 11.5 Å². The Morgan fingerprint density at radius 2 is 2.08 bits per heavy atom. The zero-order valence-corrected chi connectivity index (χ0v) is 13.4. The minimum absolute atomic E-state index is 0.558. The van der Waals surface area contributed by atoms with Crippen molar-refractivity contribution in [1.29, 1.82) is 0 Å². The van der Waals surface area contributed by atoms with Gasteiger partial charge in [-0.2, -0.15) is 5.10 Å². The number of rotatable bonds is 2. The lowest BCUT2D eigenvalue weighted by Gasteiger charge is -2.03. The first-order valence-electron chi connectivity index (χ1n) is 7.37. The van der Waals surface area contributed by atoms with Gasteiger partial charge in [-0.25, -0.2) is 14.6 Å². The number of nitrogens with one attached hydrogen (secondary N) is 1. The van der Waals surface area contributed by atoms with E-state index in [1.165, 1.54) is 20.5 Å². The van der Waals surface area contributed by atoms with E-state index in [-0.39, 0.29) is 0 Å². The second kappa shape index (κ2) is 4.93. The maximum atomic E-state index is 4.59. The molecule has 5 aromatic rings. The summed E-state index contributed by atoms with van der Waals surface area (Å²) < 4.78 is 3.04. The molecule has 0 aliphatic carbocycles. The van der Waals surface area contributed by atoms with E-state index in [0.29, 0.717) is 5.82 Å². The van der Waals surface area contributed by atoms with Gasteiger partial charge in [0.2, 0.25) is 0 Å². The number of aromatic nitrogens is 7. The summed E-state index contributed by atoms with van der Waals surface area (Å²) in [5.41, 5.74) is 3.75. The van der Waals surface area contributed by atoms with Gasteiger partial charge < -0.3 is 0 Å². The van der Waals surface area contributed by atoms with Crippen molar-refractivity contribution in [3.63, 3.8) is 0 Å². The summed E-state index contributed by atoms with van der Waals surface area (Å²) in [5, 5.41) is 19.5. The Balaban J connectivity index is 1.72. The molecule has 0 saturated heterocycles. The Morgan fingerprint density at radius 3 is 2.96 bits per heavy atom. The van der Waals surface area contributed by atoms with Crippen molar-refractivity contribution in [2.45, 2.75) is 6.92 Å². The smallest absolute Gasteiger partial charge is 0.184 e. The van der Waals surface area contributed by atoms with E-state index < -0.39 is 0 Å². The van der Waals surface area contributed by atoms with Crippen LogP contribution in [-0.2, 0) is 0 Å². The molecule has 0 radical (unpaired) electrons. The highest BCUT2D eigenvalue weighted by Gasteiger charge is 2.15. The van der Waals surface area contributed by atoms with Gasteiger partial charge in [0.1, 0.15) is 0 Å². The van der Waals surface area contributed by atoms with E-state index in [2.05, 4.69) is 61.9 Å². The number of fused-ring (bicyclic) bond motifs is 2. The standard InChI is InChI=1S/C16H11N7S/c1-9-14(11-4-2-3-5-13(11)24-9)10-6-17-16-12(7-18-23(16)8-10)15-19-21-22-20-15/h2-8H,1H3,(H,19,20,21,22). The third-order valence-electron chi connectivity index (χ3n) is 4.02. The van der Waals surface area contributed by atoms with Gasteiger partial charge in [-0.3, -0.25) is 0 Å². The average Bonchev–Trinajstić information content (AvgIpc) is 3.31. The molecule has 7 nitrogen and oxygen atoms in total. The van der Waals surface area contributed by atoms with Crippen LogP contribution in [0, 0.1) is 6.92 Å². The van der Waals surface area contributed by atoms with Gasteiger partial charge in [-0.05, 0) is 23.4 Å². The number of benzene rings is 1. The number of H-pyrrole nitrogens is 1. The highest BCUT2D eigenvalue weighted by molar-refractivity contribution is 7.19. The summed E-state index contributed by atoms with van der Waals surface area (Å²) in [5.74, 6) is 0.558. The summed E-state index contributed by atoms with van der Waals surface area (Å²) in [7, 11) is 0. The molecule has 5 rings (SSSR count). The predicted octanol–water partition coefficient (Wildman–Crippen LogP) is 3.10. The molecular formula is C16H11N7S. The molecule has 0 saturated carbocycles. The fraction of sp³-hybridized carbons (Fsp3) is 0.0625. The highest BCUT2D eigenvalue weighted by Crippen LogP contribution is 2.38. The van der Waals surface area contributed by atoms with E-state index in [0.717, 1.165) is 16.8 Å². The number of thiophene rings is 1. The van der Waals surface area contributed by atoms with E-state index in [4.69, 9.17) is 0 Å². The quantitative estimate of drug-likeness (QED) is 0.536. The lowest BCUT2D eigenvalue weighted by atomic mass is 10.1. The monoisotopic (exact) mass is 333 g/mol. The van der Waals surface area contributed by atoms with Crippen LogP contribution in [0.15, 0.2) is 42.9 Å². The van der Waals surface area contributed by atoms with Crippen molar-refractivity contribution in [3.05, 3.63) is 47.7 Å². The van der Waals surface area contributed by atoms with Crippen molar-refractivity contribution >= 4 is 27.1 Å². The van der Waals surface area contributed by atoms with Crippen LogP contribution in [0.25, 0.3) is 38.2 Å². The van der Waals surface area contributed by atoms with Crippen LogP contribution in [0.5, 0.6) is 0 Å². The van der Waals surface area contributed by atoms with Gasteiger partial charge in [-0.15, -0.1) is 16.4 Å². The molecular weight excluding hydrogens is 322 g/mol. The molecule has 0 atom stereocenters. The molecule has 0 aliphatic rings. The summed E-state index contributed by atoms with van der Waals surface area (Å²) in [6.45, 7) is 2.14. The first-order chi connectivity index (χ1) is 11.8. The number of aromatic amines is 1. The molecule has 0 amide bonds. The third kappa shape index (κ3) is 1.86. The SMILES string of the molecule is Cc1sc2ccccc2c1-c1cnc2c(-c3nnn[nH]3)cnn2c1. The van der Waals surface area contributed by atoms with Crippen molar-refractivity contribution in [2.24, 2.45) is 0 Å². The molecule has 4 aromatic heterocycles. The van der Waals surface area contributed by atoms with Crippen molar-refractivity contribution in [1.82, 2.24) is 35.2 Å². The lowest BCUT2D eigenvalue weighted by Crippen LogP contribution is -1.92. The molecule has 0 aliphatic heterocycles. The molecule has 0 unspecified atom stereocenters. The fourth-order valence-electron chi connectivity index (χ4n) is 2.97. The zero-order chi connectivity index (χ0) is 16.1. The first-order valence-corrected chi connectivity index (χ1v) is 8.19. The molecule has 0 bridgehead atoms. The van der Waals surface area contributed by atoms with Crippen molar-refractivity contribution in [3.8, 4) is 22.5 Å². The number of tetrazole rings is 1. The molecule has 8 heteroatoms. The average molecular weight is 333 g/mol. The zero-order valence-electron chi connectivity index (χ0n) is 12.6.